The van der Waals surface area contributed by atoms with E-state index in [1.807, 2.05) is 68.4 Å². The van der Waals surface area contributed by atoms with Gasteiger partial charge in [0.1, 0.15) is 0 Å². The number of hydrogen-bond donors (Lipinski definition) is 1. The summed E-state index contributed by atoms with van der Waals surface area (Å²) in [5, 5.41) is 14.8. The highest BCUT2D eigenvalue weighted by molar-refractivity contribution is 6.06. The predicted octanol–water partition coefficient (Wildman–Crippen LogP) is 6.21. The maximum absolute atomic E-state index is 13.9. The molecule has 1 N–H and O–H groups in total. The highest BCUT2D eigenvalue weighted by atomic mass is 16.6. The Bertz CT molecular complexity index is 1390. The van der Waals surface area contributed by atoms with Crippen LogP contribution in [0.1, 0.15) is 54.8 Å². The van der Waals surface area contributed by atoms with Gasteiger partial charge in [-0.3, -0.25) is 24.6 Å². The molecule has 0 unspecified atom stereocenters. The molecule has 3 aromatic rings. The van der Waals surface area contributed by atoms with Crippen molar-refractivity contribution in [2.24, 2.45) is 0 Å². The lowest BCUT2D eigenvalue weighted by Crippen LogP contribution is -2.38. The van der Waals surface area contributed by atoms with E-state index in [1.54, 1.807) is 17.0 Å². The van der Waals surface area contributed by atoms with Crippen LogP contribution >= 0.6 is 0 Å². The van der Waals surface area contributed by atoms with Crippen LogP contribution in [-0.4, -0.2) is 16.6 Å². The van der Waals surface area contributed by atoms with Crippen LogP contribution in [0.15, 0.2) is 84.1 Å². The molecule has 0 spiro atoms. The van der Waals surface area contributed by atoms with Gasteiger partial charge in [-0.25, -0.2) is 0 Å². The Balaban J connectivity index is 1.68. The SMILES string of the molecule is CCC(=O)N1c2ccccc2NC2=C(C(=O)C[C@H](c3cccc([N+](=O)[O-])c3)C2)[C@H]1c1ccc(C)cc1. The summed E-state index contributed by atoms with van der Waals surface area (Å²) in [5.41, 5.74) is 5.56. The summed E-state index contributed by atoms with van der Waals surface area (Å²) in [4.78, 5) is 40.0. The second kappa shape index (κ2) is 9.41. The van der Waals surface area contributed by atoms with Crippen molar-refractivity contribution in [1.29, 1.82) is 0 Å². The number of hydrogen-bond acceptors (Lipinski definition) is 5. The summed E-state index contributed by atoms with van der Waals surface area (Å²) < 4.78 is 0. The molecule has 7 nitrogen and oxygen atoms in total. The smallest absolute Gasteiger partial charge is 0.269 e. The Morgan fingerprint density at radius 1 is 1.03 bits per heavy atom. The average Bonchev–Trinajstić information content (AvgIpc) is 3.03. The number of carbonyl (C=O) groups is 2. The van der Waals surface area contributed by atoms with E-state index in [0.29, 0.717) is 18.4 Å². The predicted molar refractivity (Wildman–Crippen MR) is 139 cm³/mol. The number of ketones is 1. The van der Waals surface area contributed by atoms with Crippen molar-refractivity contribution in [3.8, 4) is 0 Å². The van der Waals surface area contributed by atoms with Gasteiger partial charge in [0.25, 0.3) is 5.69 Å². The molecule has 2 atom stereocenters. The molecule has 0 bridgehead atoms. The molecule has 2 aliphatic rings. The van der Waals surface area contributed by atoms with E-state index < -0.39 is 11.0 Å². The number of Topliss-reactive ketones (excluding diaryl/α,β-unsaturated/α-hetero) is 1. The summed E-state index contributed by atoms with van der Waals surface area (Å²) >= 11 is 0. The van der Waals surface area contributed by atoms with Gasteiger partial charge in [-0.05, 0) is 42.5 Å². The lowest BCUT2D eigenvalue weighted by atomic mass is 9.78. The molecule has 1 amide bonds. The highest BCUT2D eigenvalue weighted by Crippen LogP contribution is 2.47. The number of anilines is 2. The first kappa shape index (κ1) is 23.5. The van der Waals surface area contributed by atoms with Crippen LogP contribution in [0.25, 0.3) is 0 Å². The lowest BCUT2D eigenvalue weighted by Gasteiger charge is -2.35. The summed E-state index contributed by atoms with van der Waals surface area (Å²) in [6, 6.07) is 21.5. The van der Waals surface area contributed by atoms with Crippen molar-refractivity contribution in [3.63, 3.8) is 0 Å². The molecule has 182 valence electrons. The number of nitro groups is 1. The maximum Gasteiger partial charge on any atom is 0.269 e. The second-order valence-electron chi connectivity index (χ2n) is 9.35. The first-order chi connectivity index (χ1) is 17.4. The Labute approximate surface area is 209 Å². The minimum atomic E-state index is -0.567. The van der Waals surface area contributed by atoms with Gasteiger partial charge >= 0.3 is 0 Å². The van der Waals surface area contributed by atoms with Gasteiger partial charge < -0.3 is 5.32 Å². The van der Waals surface area contributed by atoms with Gasteiger partial charge in [-0.1, -0.05) is 61.0 Å². The van der Waals surface area contributed by atoms with Crippen molar-refractivity contribution in [1.82, 2.24) is 0 Å². The molecule has 7 heteroatoms. The monoisotopic (exact) mass is 481 g/mol. The maximum atomic E-state index is 13.9. The number of nitro benzene ring substituents is 1. The van der Waals surface area contributed by atoms with E-state index in [0.717, 1.165) is 33.8 Å². The number of para-hydroxylation sites is 2. The van der Waals surface area contributed by atoms with E-state index in [1.165, 1.54) is 6.07 Å². The van der Waals surface area contributed by atoms with E-state index in [4.69, 9.17) is 0 Å². The first-order valence-electron chi connectivity index (χ1n) is 12.1. The molecule has 1 aliphatic heterocycles. The second-order valence-corrected chi connectivity index (χ2v) is 9.35. The molecule has 0 saturated carbocycles. The van der Waals surface area contributed by atoms with Crippen LogP contribution in [0.2, 0.25) is 0 Å². The van der Waals surface area contributed by atoms with Gasteiger partial charge in [0.05, 0.1) is 22.3 Å². The van der Waals surface area contributed by atoms with E-state index in [-0.39, 0.29) is 29.7 Å². The Morgan fingerprint density at radius 3 is 2.50 bits per heavy atom. The largest absolute Gasteiger partial charge is 0.357 e. The van der Waals surface area contributed by atoms with Crippen molar-refractivity contribution in [2.75, 3.05) is 10.2 Å². The zero-order chi connectivity index (χ0) is 25.4. The molecule has 0 radical (unpaired) electrons. The van der Waals surface area contributed by atoms with Gasteiger partial charge in [0, 0.05) is 36.2 Å². The number of non-ortho nitro benzene ring substituents is 1. The minimum Gasteiger partial charge on any atom is -0.357 e. The van der Waals surface area contributed by atoms with Gasteiger partial charge in [-0.15, -0.1) is 0 Å². The number of benzene rings is 3. The molecular formula is C29H27N3O4. The van der Waals surface area contributed by atoms with E-state index in [2.05, 4.69) is 5.32 Å². The highest BCUT2D eigenvalue weighted by Gasteiger charge is 2.41. The fourth-order valence-electron chi connectivity index (χ4n) is 5.23. The van der Waals surface area contributed by atoms with Crippen molar-refractivity contribution < 1.29 is 14.5 Å². The fraction of sp³-hybridized carbons (Fsp3) is 0.241. The zero-order valence-corrected chi connectivity index (χ0v) is 20.2. The number of nitrogens with one attached hydrogen (secondary N) is 1. The van der Waals surface area contributed by atoms with Crippen LogP contribution in [0.5, 0.6) is 0 Å². The van der Waals surface area contributed by atoms with Crippen LogP contribution in [-0.2, 0) is 9.59 Å². The van der Waals surface area contributed by atoms with Gasteiger partial charge in [0.2, 0.25) is 5.91 Å². The third-order valence-corrected chi connectivity index (χ3v) is 7.01. The summed E-state index contributed by atoms with van der Waals surface area (Å²) in [5.74, 6) is -0.340. The molecule has 5 rings (SSSR count). The molecule has 0 aromatic heterocycles. The average molecular weight is 482 g/mol. The number of fused-ring (bicyclic) bond motifs is 1. The quantitative estimate of drug-likeness (QED) is 0.353. The third-order valence-electron chi connectivity index (χ3n) is 7.01. The summed E-state index contributed by atoms with van der Waals surface area (Å²) in [6.45, 7) is 3.83. The number of carbonyl (C=O) groups excluding carboxylic acids is 2. The molecular weight excluding hydrogens is 454 g/mol. The summed E-state index contributed by atoms with van der Waals surface area (Å²) in [6.07, 6.45) is 1.02. The minimum absolute atomic E-state index is 0.0103. The zero-order valence-electron chi connectivity index (χ0n) is 20.2. The number of allylic oxidation sites excluding steroid dienone is 1. The van der Waals surface area contributed by atoms with Crippen molar-refractivity contribution in [3.05, 3.63) is 111 Å². The van der Waals surface area contributed by atoms with Crippen LogP contribution in [0.3, 0.4) is 0 Å². The van der Waals surface area contributed by atoms with Crippen LogP contribution in [0.4, 0.5) is 17.1 Å². The normalized spacial score (nSPS) is 19.2. The Kier molecular flexibility index (Phi) is 6.14. The van der Waals surface area contributed by atoms with Gasteiger partial charge in [0.15, 0.2) is 5.78 Å². The van der Waals surface area contributed by atoms with Crippen LogP contribution < -0.4 is 10.2 Å². The van der Waals surface area contributed by atoms with Crippen molar-refractivity contribution >= 4 is 28.8 Å². The molecule has 1 aliphatic carbocycles. The van der Waals surface area contributed by atoms with Crippen LogP contribution in [0, 0.1) is 17.0 Å². The lowest BCUT2D eigenvalue weighted by molar-refractivity contribution is -0.384. The van der Waals surface area contributed by atoms with Gasteiger partial charge in [-0.2, -0.15) is 0 Å². The number of rotatable bonds is 4. The molecule has 1 heterocycles. The third kappa shape index (κ3) is 4.17. The number of aryl methyl sites for hydroxylation is 1. The number of nitrogens with zero attached hydrogens (tertiary/aromatic N) is 2. The van der Waals surface area contributed by atoms with E-state index in [9.17, 15) is 19.7 Å². The molecule has 3 aromatic carbocycles. The molecule has 0 fully saturated rings. The first-order valence-corrected chi connectivity index (χ1v) is 12.1. The topological polar surface area (TPSA) is 92.6 Å². The Morgan fingerprint density at radius 2 is 1.78 bits per heavy atom. The fourth-order valence-corrected chi connectivity index (χ4v) is 5.23. The van der Waals surface area contributed by atoms with Crippen molar-refractivity contribution in [2.45, 2.75) is 45.1 Å². The Hall–Kier alpha value is -4.26. The molecule has 36 heavy (non-hydrogen) atoms. The standard InChI is InChI=1S/C29H27N3O4/c1-3-27(34)31-25-10-5-4-9-23(25)30-24-16-21(20-7-6-8-22(15-20)32(35)36)17-26(33)28(24)29(31)19-13-11-18(2)12-14-19/h4-15,21,29-30H,3,16-17H2,1-2H3/t21-,29-/m1/s1. The van der Waals surface area contributed by atoms with E-state index >= 15 is 0 Å². The number of amides is 1. The molecule has 0 saturated heterocycles. The summed E-state index contributed by atoms with van der Waals surface area (Å²) in [7, 11) is 0.